The molecule has 1 aliphatic carbocycles. The maximum absolute atomic E-state index is 13.0. The van der Waals surface area contributed by atoms with Gasteiger partial charge in [0.25, 0.3) is 5.91 Å². The Bertz CT molecular complexity index is 943. The lowest BCUT2D eigenvalue weighted by Gasteiger charge is -2.28. The molecule has 1 N–H and O–H groups in total. The number of amides is 1. The summed E-state index contributed by atoms with van der Waals surface area (Å²) < 4.78 is 1.94. The van der Waals surface area contributed by atoms with E-state index in [0.717, 1.165) is 58.3 Å². The lowest BCUT2D eigenvalue weighted by Crippen LogP contribution is -2.35. The normalized spacial score (nSPS) is 20.9. The second-order valence-corrected chi connectivity index (χ2v) is 9.21. The van der Waals surface area contributed by atoms with Crippen LogP contribution in [0.1, 0.15) is 58.6 Å². The van der Waals surface area contributed by atoms with Crippen molar-refractivity contribution in [2.75, 3.05) is 31.6 Å². The van der Waals surface area contributed by atoms with Crippen LogP contribution in [0.2, 0.25) is 0 Å². The minimum Gasteiger partial charge on any atom is -0.374 e. The second-order valence-electron chi connectivity index (χ2n) is 9.21. The van der Waals surface area contributed by atoms with Gasteiger partial charge in [-0.15, -0.1) is 0 Å². The zero-order valence-electron chi connectivity index (χ0n) is 18.3. The Morgan fingerprint density at radius 3 is 2.80 bits per heavy atom. The molecule has 160 valence electrons. The van der Waals surface area contributed by atoms with Gasteiger partial charge in [0.15, 0.2) is 5.69 Å². The molecular formula is C24H33N5O. The quantitative estimate of drug-likeness (QED) is 0.847. The standard InChI is InChI=1S/C24H33N5O/c1-27-11-5-6-18-14-17(7-9-21(18)27)16-25-19-8-10-22-20(15-19)23(26-28(22)2)24(30)29-12-3-4-13-29/h7,9,14,19,25H,3-6,8,10-13,15-16H2,1-2H3. The van der Waals surface area contributed by atoms with Gasteiger partial charge in [0, 0.05) is 63.3 Å². The van der Waals surface area contributed by atoms with Gasteiger partial charge in [-0.1, -0.05) is 12.1 Å². The number of nitrogens with one attached hydrogen (secondary N) is 1. The molecule has 1 unspecified atom stereocenters. The van der Waals surface area contributed by atoms with Crippen molar-refractivity contribution in [2.45, 2.75) is 57.5 Å². The van der Waals surface area contributed by atoms with Crippen molar-refractivity contribution in [1.82, 2.24) is 20.0 Å². The summed E-state index contributed by atoms with van der Waals surface area (Å²) in [6.07, 6.45) is 7.61. The van der Waals surface area contributed by atoms with Crippen molar-refractivity contribution in [3.05, 3.63) is 46.3 Å². The van der Waals surface area contributed by atoms with Crippen molar-refractivity contribution in [2.24, 2.45) is 7.05 Å². The lowest BCUT2D eigenvalue weighted by molar-refractivity contribution is 0.0785. The van der Waals surface area contributed by atoms with Crippen LogP contribution in [0.15, 0.2) is 18.2 Å². The molecule has 1 fully saturated rings. The highest BCUT2D eigenvalue weighted by molar-refractivity contribution is 5.94. The SMILES string of the molecule is CN1CCCc2cc(CNC3CCc4c(c(C(=O)N5CCCC5)nn4C)C3)ccc21. The lowest BCUT2D eigenvalue weighted by atomic mass is 9.90. The van der Waals surface area contributed by atoms with Crippen LogP contribution < -0.4 is 10.2 Å². The molecule has 6 nitrogen and oxygen atoms in total. The first-order chi connectivity index (χ1) is 14.6. The zero-order chi connectivity index (χ0) is 20.7. The predicted molar refractivity (Wildman–Crippen MR) is 119 cm³/mol. The second kappa shape index (κ2) is 8.06. The summed E-state index contributed by atoms with van der Waals surface area (Å²) in [5.74, 6) is 0.129. The number of benzene rings is 1. The molecule has 1 aromatic heterocycles. The van der Waals surface area contributed by atoms with Crippen LogP contribution in [0.5, 0.6) is 0 Å². The Labute approximate surface area is 179 Å². The van der Waals surface area contributed by atoms with Gasteiger partial charge >= 0.3 is 0 Å². The van der Waals surface area contributed by atoms with E-state index < -0.39 is 0 Å². The van der Waals surface area contributed by atoms with E-state index in [2.05, 4.69) is 40.6 Å². The third-order valence-electron chi connectivity index (χ3n) is 7.14. The van der Waals surface area contributed by atoms with Crippen molar-refractivity contribution >= 4 is 11.6 Å². The highest BCUT2D eigenvalue weighted by Crippen LogP contribution is 2.28. The molecule has 0 spiro atoms. The highest BCUT2D eigenvalue weighted by atomic mass is 16.2. The first-order valence-electron chi connectivity index (χ1n) is 11.5. The smallest absolute Gasteiger partial charge is 0.274 e. The molecule has 3 heterocycles. The van der Waals surface area contributed by atoms with Gasteiger partial charge in [0.1, 0.15) is 0 Å². The monoisotopic (exact) mass is 407 g/mol. The van der Waals surface area contributed by atoms with Crippen LogP contribution in [-0.2, 0) is 32.9 Å². The number of aryl methyl sites for hydroxylation is 2. The van der Waals surface area contributed by atoms with Gasteiger partial charge in [-0.3, -0.25) is 9.48 Å². The van der Waals surface area contributed by atoms with E-state index in [0.29, 0.717) is 11.7 Å². The summed E-state index contributed by atoms with van der Waals surface area (Å²) in [6, 6.07) is 7.30. The molecule has 1 saturated heterocycles. The Kier molecular flexibility index (Phi) is 5.27. The number of hydrogen-bond acceptors (Lipinski definition) is 4. The number of aromatic nitrogens is 2. The van der Waals surface area contributed by atoms with Crippen LogP contribution in [0.3, 0.4) is 0 Å². The Hall–Kier alpha value is -2.34. The summed E-state index contributed by atoms with van der Waals surface area (Å²) in [4.78, 5) is 17.3. The summed E-state index contributed by atoms with van der Waals surface area (Å²) >= 11 is 0. The van der Waals surface area contributed by atoms with Crippen molar-refractivity contribution < 1.29 is 4.79 Å². The fourth-order valence-electron chi connectivity index (χ4n) is 5.42. The minimum atomic E-state index is 0.129. The molecular weight excluding hydrogens is 374 g/mol. The Balaban J connectivity index is 1.27. The number of hydrogen-bond donors (Lipinski definition) is 1. The molecule has 5 rings (SSSR count). The number of fused-ring (bicyclic) bond motifs is 2. The number of rotatable bonds is 4. The van der Waals surface area contributed by atoms with Crippen LogP contribution in [0.4, 0.5) is 5.69 Å². The number of carbonyl (C=O) groups is 1. The summed E-state index contributed by atoms with van der Waals surface area (Å²) in [7, 11) is 4.17. The number of anilines is 1. The first kappa shape index (κ1) is 19.6. The molecule has 0 radical (unpaired) electrons. The molecule has 1 amide bonds. The van der Waals surface area contributed by atoms with Gasteiger partial charge in [0.2, 0.25) is 0 Å². The van der Waals surface area contributed by atoms with Crippen molar-refractivity contribution in [3.63, 3.8) is 0 Å². The molecule has 2 aliphatic heterocycles. The number of likely N-dealkylation sites (tertiary alicyclic amines) is 1. The van der Waals surface area contributed by atoms with Gasteiger partial charge < -0.3 is 15.1 Å². The number of nitrogens with zero attached hydrogens (tertiary/aromatic N) is 4. The average molecular weight is 408 g/mol. The molecule has 0 saturated carbocycles. The maximum Gasteiger partial charge on any atom is 0.274 e. The van der Waals surface area contributed by atoms with Crippen LogP contribution in [-0.4, -0.2) is 53.3 Å². The zero-order valence-corrected chi connectivity index (χ0v) is 18.3. The molecule has 2 aromatic rings. The van der Waals surface area contributed by atoms with E-state index in [1.165, 1.54) is 40.9 Å². The van der Waals surface area contributed by atoms with E-state index in [1.54, 1.807) is 0 Å². The summed E-state index contributed by atoms with van der Waals surface area (Å²) in [6.45, 7) is 3.78. The van der Waals surface area contributed by atoms with Crippen LogP contribution in [0, 0.1) is 0 Å². The molecule has 3 aliphatic rings. The Morgan fingerprint density at radius 1 is 1.13 bits per heavy atom. The predicted octanol–water partition coefficient (Wildman–Crippen LogP) is 2.69. The van der Waals surface area contributed by atoms with E-state index in [1.807, 2.05) is 16.6 Å². The fraction of sp³-hybridized carbons (Fsp3) is 0.583. The molecule has 30 heavy (non-hydrogen) atoms. The van der Waals surface area contributed by atoms with Gasteiger partial charge in [0.05, 0.1) is 0 Å². The van der Waals surface area contributed by atoms with Gasteiger partial charge in [-0.05, 0) is 62.1 Å². The Morgan fingerprint density at radius 2 is 1.97 bits per heavy atom. The van der Waals surface area contributed by atoms with E-state index >= 15 is 0 Å². The third-order valence-corrected chi connectivity index (χ3v) is 7.14. The first-order valence-corrected chi connectivity index (χ1v) is 11.5. The van der Waals surface area contributed by atoms with Crippen LogP contribution in [0.25, 0.3) is 0 Å². The molecule has 6 heteroatoms. The maximum atomic E-state index is 13.0. The third kappa shape index (κ3) is 3.62. The number of carbonyl (C=O) groups excluding carboxylic acids is 1. The molecule has 1 atom stereocenters. The largest absolute Gasteiger partial charge is 0.374 e. The average Bonchev–Trinajstić information content (AvgIpc) is 3.40. The van der Waals surface area contributed by atoms with E-state index in [9.17, 15) is 4.79 Å². The topological polar surface area (TPSA) is 53.4 Å². The van der Waals surface area contributed by atoms with E-state index in [-0.39, 0.29) is 5.91 Å². The highest BCUT2D eigenvalue weighted by Gasteiger charge is 2.31. The molecule has 1 aromatic carbocycles. The van der Waals surface area contributed by atoms with Crippen molar-refractivity contribution in [3.8, 4) is 0 Å². The molecule has 0 bridgehead atoms. The fourth-order valence-corrected chi connectivity index (χ4v) is 5.42. The minimum absolute atomic E-state index is 0.129. The summed E-state index contributed by atoms with van der Waals surface area (Å²) in [5.41, 5.74) is 7.32. The van der Waals surface area contributed by atoms with Gasteiger partial charge in [-0.25, -0.2) is 0 Å². The van der Waals surface area contributed by atoms with E-state index in [4.69, 9.17) is 0 Å². The summed E-state index contributed by atoms with van der Waals surface area (Å²) in [5, 5.41) is 8.40. The van der Waals surface area contributed by atoms with Crippen molar-refractivity contribution in [1.29, 1.82) is 0 Å². The van der Waals surface area contributed by atoms with Crippen LogP contribution >= 0.6 is 0 Å². The van der Waals surface area contributed by atoms with Gasteiger partial charge in [-0.2, -0.15) is 5.10 Å².